The average molecular weight is 333 g/mol. The molecular formula is C17H23N3O4. The van der Waals surface area contributed by atoms with Crippen LogP contribution in [0.5, 0.6) is 0 Å². The second kappa shape index (κ2) is 7.09. The van der Waals surface area contributed by atoms with Gasteiger partial charge >= 0.3 is 12.0 Å². The van der Waals surface area contributed by atoms with Crippen LogP contribution in [0.25, 0.3) is 0 Å². The molecule has 7 nitrogen and oxygen atoms in total. The number of esters is 1. The summed E-state index contributed by atoms with van der Waals surface area (Å²) in [5.74, 6) is 0.0770. The summed E-state index contributed by atoms with van der Waals surface area (Å²) < 4.78 is 10.6. The van der Waals surface area contributed by atoms with Gasteiger partial charge in [0.15, 0.2) is 0 Å². The third kappa shape index (κ3) is 3.46. The molecule has 1 aromatic heterocycles. The lowest BCUT2D eigenvalue weighted by atomic mass is 10.00. The molecule has 24 heavy (non-hydrogen) atoms. The zero-order valence-electron chi connectivity index (χ0n) is 14.0. The summed E-state index contributed by atoms with van der Waals surface area (Å²) in [5, 5.41) is 5.54. The highest BCUT2D eigenvalue weighted by molar-refractivity contribution is 5.95. The van der Waals surface area contributed by atoms with Crippen LogP contribution in [0, 0.1) is 0 Å². The average Bonchev–Trinajstić information content (AvgIpc) is 3.25. The number of nitrogens with one attached hydrogen (secondary N) is 2. The number of hydrogen-bond acceptors (Lipinski definition) is 5. The van der Waals surface area contributed by atoms with Crippen molar-refractivity contribution in [2.24, 2.45) is 0 Å². The van der Waals surface area contributed by atoms with Crippen LogP contribution in [0.15, 0.2) is 34.1 Å². The summed E-state index contributed by atoms with van der Waals surface area (Å²) in [5.41, 5.74) is 0.998. The summed E-state index contributed by atoms with van der Waals surface area (Å²) in [6, 6.07) is 3.02. The molecule has 1 fully saturated rings. The predicted octanol–water partition coefficient (Wildman–Crippen LogP) is 1.93. The smallest absolute Gasteiger partial charge is 0.338 e. The van der Waals surface area contributed by atoms with E-state index < -0.39 is 12.0 Å². The maximum Gasteiger partial charge on any atom is 0.338 e. The van der Waals surface area contributed by atoms with E-state index >= 15 is 0 Å². The highest BCUT2D eigenvalue weighted by Crippen LogP contribution is 2.31. The Labute approximate surface area is 141 Å². The minimum Gasteiger partial charge on any atom is -0.467 e. The van der Waals surface area contributed by atoms with Crippen molar-refractivity contribution in [1.29, 1.82) is 0 Å². The molecular weight excluding hydrogens is 310 g/mol. The van der Waals surface area contributed by atoms with Crippen molar-refractivity contribution >= 4 is 12.0 Å². The standard InChI is InChI=1S/C17H23N3O4/c1-3-20(11-7-8-11)10-12-14(16(21)23-4-2)15(19-17(22)18-12)13-6-5-9-24-13/h5-6,9,11,15H,3-4,7-8,10H2,1-2H3,(H2,18,19,22)/t15-/m0/s1. The Kier molecular flexibility index (Phi) is 4.89. The molecule has 1 saturated carbocycles. The number of carbonyl (C=O) groups is 2. The Balaban J connectivity index is 1.96. The van der Waals surface area contributed by atoms with Crippen LogP contribution >= 0.6 is 0 Å². The lowest BCUT2D eigenvalue weighted by Crippen LogP contribution is -2.48. The van der Waals surface area contributed by atoms with E-state index in [4.69, 9.17) is 9.15 Å². The molecule has 2 aliphatic rings. The second-order valence-corrected chi connectivity index (χ2v) is 5.95. The molecule has 1 aliphatic carbocycles. The normalized spacial score (nSPS) is 20.8. The van der Waals surface area contributed by atoms with E-state index in [0.29, 0.717) is 29.6 Å². The number of amides is 2. The number of urea groups is 1. The van der Waals surface area contributed by atoms with Crippen molar-refractivity contribution in [1.82, 2.24) is 15.5 Å². The van der Waals surface area contributed by atoms with Gasteiger partial charge in [0.1, 0.15) is 11.8 Å². The fourth-order valence-electron chi connectivity index (χ4n) is 3.00. The van der Waals surface area contributed by atoms with Crippen molar-refractivity contribution in [3.05, 3.63) is 35.4 Å². The fourth-order valence-corrected chi connectivity index (χ4v) is 3.00. The first-order valence-electron chi connectivity index (χ1n) is 8.39. The van der Waals surface area contributed by atoms with E-state index in [1.54, 1.807) is 19.1 Å². The van der Waals surface area contributed by atoms with Gasteiger partial charge in [-0.15, -0.1) is 0 Å². The van der Waals surface area contributed by atoms with Crippen molar-refractivity contribution in [2.45, 2.75) is 38.8 Å². The van der Waals surface area contributed by atoms with Gasteiger partial charge < -0.3 is 19.8 Å². The lowest BCUT2D eigenvalue weighted by Gasteiger charge is -2.30. The van der Waals surface area contributed by atoms with E-state index in [-0.39, 0.29) is 12.6 Å². The molecule has 2 N–H and O–H groups in total. The van der Waals surface area contributed by atoms with Crippen LogP contribution in [0.1, 0.15) is 38.5 Å². The zero-order chi connectivity index (χ0) is 17.1. The third-order valence-electron chi connectivity index (χ3n) is 4.31. The first kappa shape index (κ1) is 16.6. The number of hydrogen-bond donors (Lipinski definition) is 2. The first-order valence-corrected chi connectivity index (χ1v) is 8.39. The molecule has 130 valence electrons. The topological polar surface area (TPSA) is 83.8 Å². The van der Waals surface area contributed by atoms with Crippen LogP contribution in [-0.2, 0) is 9.53 Å². The van der Waals surface area contributed by atoms with Gasteiger partial charge in [-0.25, -0.2) is 9.59 Å². The van der Waals surface area contributed by atoms with Gasteiger partial charge in [-0.05, 0) is 38.4 Å². The molecule has 7 heteroatoms. The molecule has 2 amide bonds. The van der Waals surface area contributed by atoms with Gasteiger partial charge in [0.25, 0.3) is 0 Å². The lowest BCUT2D eigenvalue weighted by molar-refractivity contribution is -0.139. The van der Waals surface area contributed by atoms with Gasteiger partial charge in [0.2, 0.25) is 0 Å². The van der Waals surface area contributed by atoms with E-state index in [1.165, 1.54) is 6.26 Å². The number of furan rings is 1. The Morgan fingerprint density at radius 3 is 2.79 bits per heavy atom. The number of nitrogens with zero attached hydrogens (tertiary/aromatic N) is 1. The van der Waals surface area contributed by atoms with Gasteiger partial charge in [-0.3, -0.25) is 4.90 Å². The molecule has 1 atom stereocenters. The Hall–Kier alpha value is -2.28. The maximum atomic E-state index is 12.5. The fraction of sp³-hybridized carbons (Fsp3) is 0.529. The molecule has 1 aromatic rings. The molecule has 0 bridgehead atoms. The minimum absolute atomic E-state index is 0.272. The van der Waals surface area contributed by atoms with E-state index in [9.17, 15) is 9.59 Å². The van der Waals surface area contributed by atoms with Gasteiger partial charge in [0, 0.05) is 18.3 Å². The monoisotopic (exact) mass is 333 g/mol. The van der Waals surface area contributed by atoms with E-state index in [1.807, 2.05) is 0 Å². The Morgan fingerprint density at radius 1 is 1.42 bits per heavy atom. The number of carbonyl (C=O) groups excluding carboxylic acids is 2. The van der Waals surface area contributed by atoms with Crippen LogP contribution in [0.4, 0.5) is 4.79 Å². The van der Waals surface area contributed by atoms with Crippen LogP contribution in [0.3, 0.4) is 0 Å². The zero-order valence-corrected chi connectivity index (χ0v) is 14.0. The third-order valence-corrected chi connectivity index (χ3v) is 4.31. The van der Waals surface area contributed by atoms with Crippen molar-refractivity contribution in [3.63, 3.8) is 0 Å². The summed E-state index contributed by atoms with van der Waals surface area (Å²) >= 11 is 0. The quantitative estimate of drug-likeness (QED) is 0.745. The van der Waals surface area contributed by atoms with Crippen LogP contribution < -0.4 is 10.6 Å². The van der Waals surface area contributed by atoms with Crippen LogP contribution in [-0.4, -0.2) is 42.6 Å². The molecule has 0 unspecified atom stereocenters. The highest BCUT2D eigenvalue weighted by atomic mass is 16.5. The van der Waals surface area contributed by atoms with E-state index in [0.717, 1.165) is 19.4 Å². The summed E-state index contributed by atoms with van der Waals surface area (Å²) in [7, 11) is 0. The molecule has 0 spiro atoms. The highest BCUT2D eigenvalue weighted by Gasteiger charge is 2.37. The van der Waals surface area contributed by atoms with Crippen molar-refractivity contribution in [3.8, 4) is 0 Å². The number of likely N-dealkylation sites (N-methyl/N-ethyl adjacent to an activating group) is 1. The van der Waals surface area contributed by atoms with Gasteiger partial charge in [-0.2, -0.15) is 0 Å². The first-order chi connectivity index (χ1) is 11.6. The predicted molar refractivity (Wildman–Crippen MR) is 87.0 cm³/mol. The molecule has 3 rings (SSSR count). The SMILES string of the molecule is CCOC(=O)C1=C(CN(CC)C2CC2)NC(=O)N[C@H]1c1ccco1. The number of rotatable bonds is 7. The van der Waals surface area contributed by atoms with Crippen molar-refractivity contribution in [2.75, 3.05) is 19.7 Å². The van der Waals surface area contributed by atoms with Crippen molar-refractivity contribution < 1.29 is 18.7 Å². The number of ether oxygens (including phenoxy) is 1. The van der Waals surface area contributed by atoms with Gasteiger partial charge in [0.05, 0.1) is 18.4 Å². The van der Waals surface area contributed by atoms with Gasteiger partial charge in [-0.1, -0.05) is 6.92 Å². The summed E-state index contributed by atoms with van der Waals surface area (Å²) in [6.45, 7) is 5.49. The Bertz CT molecular complexity index is 634. The molecule has 0 radical (unpaired) electrons. The Morgan fingerprint density at radius 2 is 2.21 bits per heavy atom. The molecule has 0 saturated heterocycles. The summed E-state index contributed by atoms with van der Waals surface area (Å²) in [6.07, 6.45) is 3.84. The molecule has 2 heterocycles. The maximum absolute atomic E-state index is 12.5. The minimum atomic E-state index is -0.638. The molecule has 0 aromatic carbocycles. The van der Waals surface area contributed by atoms with E-state index in [2.05, 4.69) is 22.5 Å². The second-order valence-electron chi connectivity index (χ2n) is 5.95. The molecule has 1 aliphatic heterocycles. The summed E-state index contributed by atoms with van der Waals surface area (Å²) in [4.78, 5) is 26.9. The largest absolute Gasteiger partial charge is 0.467 e. The van der Waals surface area contributed by atoms with Crippen LogP contribution in [0.2, 0.25) is 0 Å².